The Kier molecular flexibility index (Phi) is 9.27. The van der Waals surface area contributed by atoms with Crippen LogP contribution in [0.3, 0.4) is 0 Å². The fraction of sp³-hybridized carbons (Fsp3) is 0.364. The lowest BCUT2D eigenvalue weighted by Gasteiger charge is -2.21. The first kappa shape index (κ1) is 29.0. The highest BCUT2D eigenvalue weighted by molar-refractivity contribution is 7.46. The summed E-state index contributed by atoms with van der Waals surface area (Å²) in [5.41, 5.74) is 3.68. The molecule has 0 spiro atoms. The van der Waals surface area contributed by atoms with Crippen LogP contribution in [0.4, 0.5) is 17.6 Å². The summed E-state index contributed by atoms with van der Waals surface area (Å²) < 4.78 is 80.3. The average Bonchev–Trinajstić information content (AvgIpc) is 3.32. The zero-order valence-corrected chi connectivity index (χ0v) is 21.2. The molecule has 0 saturated carbocycles. The summed E-state index contributed by atoms with van der Waals surface area (Å²) in [5, 5.41) is 7.96. The molecule has 9 nitrogen and oxygen atoms in total. The van der Waals surface area contributed by atoms with Crippen molar-refractivity contribution in [1.29, 1.82) is 0 Å². The van der Waals surface area contributed by atoms with Gasteiger partial charge in [-0.15, -0.1) is 10.2 Å². The Labute approximate surface area is 213 Å². The molecule has 0 bridgehead atoms. The van der Waals surface area contributed by atoms with Gasteiger partial charge in [-0.3, -0.25) is 4.52 Å². The van der Waals surface area contributed by atoms with Crippen LogP contribution in [0.1, 0.15) is 30.3 Å². The molecule has 3 rings (SSSR count). The molecule has 1 atom stereocenters. The van der Waals surface area contributed by atoms with Crippen LogP contribution in [0, 0.1) is 5.82 Å². The number of phosphoric acid groups is 1. The van der Waals surface area contributed by atoms with Crippen LogP contribution in [0.5, 0.6) is 11.5 Å². The summed E-state index contributed by atoms with van der Waals surface area (Å²) in [6.07, 6.45) is -3.77. The number of benzene rings is 2. The fourth-order valence-corrected chi connectivity index (χ4v) is 4.29. The van der Waals surface area contributed by atoms with Gasteiger partial charge in [-0.1, -0.05) is 11.3 Å². The minimum Gasteiger partial charge on any atom is -0.494 e. The second-order valence-corrected chi connectivity index (χ2v) is 10.4. The zero-order chi connectivity index (χ0) is 27.3. The van der Waals surface area contributed by atoms with Gasteiger partial charge in [0.1, 0.15) is 27.3 Å². The van der Waals surface area contributed by atoms with Crippen molar-refractivity contribution in [3.8, 4) is 22.1 Å². The van der Waals surface area contributed by atoms with Crippen molar-refractivity contribution in [2.45, 2.75) is 31.5 Å². The molecule has 0 saturated heterocycles. The van der Waals surface area contributed by atoms with E-state index in [-0.39, 0.29) is 33.8 Å². The molecule has 1 heterocycles. The normalized spacial score (nSPS) is 13.8. The topological polar surface area (TPSA) is 137 Å². The van der Waals surface area contributed by atoms with Gasteiger partial charge in [0.05, 0.1) is 30.9 Å². The monoisotopic (exact) mass is 565 g/mol. The molecule has 1 aromatic heterocycles. The SMILES string of the molecule is C[C@](N)(COP(=O)(O)O)c1nnc(-c2ccc(OCCCCOc3ccc(F)cc3)c(C(F)(F)F)c2)s1. The molecule has 0 aliphatic rings. The van der Waals surface area contributed by atoms with Crippen LogP contribution in [0.2, 0.25) is 0 Å². The largest absolute Gasteiger partial charge is 0.494 e. The number of phosphoric ester groups is 1. The molecule has 4 N–H and O–H groups in total. The van der Waals surface area contributed by atoms with E-state index in [0.29, 0.717) is 25.2 Å². The van der Waals surface area contributed by atoms with Crippen LogP contribution in [-0.4, -0.2) is 39.8 Å². The van der Waals surface area contributed by atoms with E-state index >= 15 is 0 Å². The maximum absolute atomic E-state index is 13.7. The van der Waals surface area contributed by atoms with Crippen molar-refractivity contribution in [1.82, 2.24) is 10.2 Å². The number of hydrogen-bond donors (Lipinski definition) is 3. The molecular weight excluding hydrogens is 541 g/mol. The summed E-state index contributed by atoms with van der Waals surface area (Å²) in [7, 11) is -4.78. The lowest BCUT2D eigenvalue weighted by atomic mass is 10.1. The van der Waals surface area contributed by atoms with Gasteiger partial charge in [-0.05, 0) is 62.2 Å². The van der Waals surface area contributed by atoms with Crippen molar-refractivity contribution in [3.63, 3.8) is 0 Å². The van der Waals surface area contributed by atoms with Gasteiger partial charge >= 0.3 is 14.0 Å². The first-order valence-corrected chi connectivity index (χ1v) is 13.1. The Morgan fingerprint density at radius 1 is 1.03 bits per heavy atom. The van der Waals surface area contributed by atoms with Crippen molar-refractivity contribution in [3.05, 3.63) is 58.9 Å². The van der Waals surface area contributed by atoms with Gasteiger partial charge in [-0.25, -0.2) is 8.96 Å². The van der Waals surface area contributed by atoms with Crippen LogP contribution < -0.4 is 15.2 Å². The van der Waals surface area contributed by atoms with Gasteiger partial charge < -0.3 is 25.0 Å². The molecule has 0 radical (unpaired) electrons. The number of rotatable bonds is 12. The lowest BCUT2D eigenvalue weighted by Crippen LogP contribution is -2.37. The predicted molar refractivity (Wildman–Crippen MR) is 127 cm³/mol. The Bertz CT molecular complexity index is 1230. The van der Waals surface area contributed by atoms with Crippen LogP contribution in [0.15, 0.2) is 42.5 Å². The van der Waals surface area contributed by atoms with E-state index in [0.717, 1.165) is 17.4 Å². The smallest absolute Gasteiger partial charge is 0.469 e. The summed E-state index contributed by atoms with van der Waals surface area (Å²) in [6.45, 7) is 1.12. The fourth-order valence-electron chi connectivity index (χ4n) is 2.97. The van der Waals surface area contributed by atoms with Gasteiger partial charge in [0.15, 0.2) is 0 Å². The predicted octanol–water partition coefficient (Wildman–Crippen LogP) is 4.88. The molecule has 15 heteroatoms. The third kappa shape index (κ3) is 8.73. The zero-order valence-electron chi connectivity index (χ0n) is 19.4. The number of nitrogens with two attached hydrogens (primary N) is 1. The van der Waals surface area contributed by atoms with E-state index in [2.05, 4.69) is 14.7 Å². The van der Waals surface area contributed by atoms with Crippen molar-refractivity contribution in [2.75, 3.05) is 19.8 Å². The number of alkyl halides is 3. The average molecular weight is 565 g/mol. The standard InChI is InChI=1S/C22H24F4N3O6PS/c1-21(27,13-35-36(30,31)32)20-29-28-19(37-20)14-4-9-18(17(12-14)22(24,25)26)34-11-3-2-10-33-16-7-5-15(23)6-8-16/h4-9,12H,2-3,10-11,13,27H2,1H3,(H2,30,31,32)/t21-/m0/s1. The van der Waals surface area contributed by atoms with Crippen molar-refractivity contribution < 1.29 is 45.9 Å². The molecule has 0 amide bonds. The summed E-state index contributed by atoms with van der Waals surface area (Å²) in [5.74, 6) is -0.245. The minimum absolute atomic E-state index is 0.0171. The van der Waals surface area contributed by atoms with Gasteiger partial charge in [-0.2, -0.15) is 13.2 Å². The first-order valence-electron chi connectivity index (χ1n) is 10.8. The molecule has 0 unspecified atom stereocenters. The van der Waals surface area contributed by atoms with Gasteiger partial charge in [0.25, 0.3) is 0 Å². The highest BCUT2D eigenvalue weighted by Gasteiger charge is 2.35. The molecule has 0 fully saturated rings. The summed E-state index contributed by atoms with van der Waals surface area (Å²) in [6, 6.07) is 8.95. The van der Waals surface area contributed by atoms with Gasteiger partial charge in [0.2, 0.25) is 0 Å². The number of ether oxygens (including phenoxy) is 2. The third-order valence-corrected chi connectivity index (χ3v) is 6.57. The quantitative estimate of drug-likeness (QED) is 0.159. The number of halogens is 4. The molecule has 37 heavy (non-hydrogen) atoms. The second-order valence-electron chi connectivity index (χ2n) is 8.16. The van der Waals surface area contributed by atoms with Crippen LogP contribution in [0.25, 0.3) is 10.6 Å². The first-order chi connectivity index (χ1) is 17.2. The van der Waals surface area contributed by atoms with E-state index in [4.69, 9.17) is 25.0 Å². The van der Waals surface area contributed by atoms with E-state index in [9.17, 15) is 22.1 Å². The Morgan fingerprint density at radius 3 is 2.30 bits per heavy atom. The maximum Gasteiger partial charge on any atom is 0.469 e. The summed E-state index contributed by atoms with van der Waals surface area (Å²) in [4.78, 5) is 17.7. The molecule has 0 aliphatic carbocycles. The van der Waals surface area contributed by atoms with Crippen molar-refractivity contribution >= 4 is 19.2 Å². The maximum atomic E-state index is 13.7. The molecule has 202 valence electrons. The Morgan fingerprint density at radius 2 is 1.68 bits per heavy atom. The number of hydrogen-bond acceptors (Lipinski definition) is 8. The molecular formula is C22H24F4N3O6PS. The highest BCUT2D eigenvalue weighted by Crippen LogP contribution is 2.41. The Balaban J connectivity index is 1.62. The number of nitrogens with zero attached hydrogens (tertiary/aromatic N) is 2. The molecule has 3 aromatic rings. The third-order valence-electron chi connectivity index (χ3n) is 4.86. The second kappa shape index (κ2) is 11.8. The highest BCUT2D eigenvalue weighted by atomic mass is 32.1. The lowest BCUT2D eigenvalue weighted by molar-refractivity contribution is -0.138. The van der Waals surface area contributed by atoms with E-state index < -0.39 is 31.7 Å². The Hall–Kier alpha value is -2.61. The minimum atomic E-state index is -4.78. The van der Waals surface area contributed by atoms with E-state index in [1.165, 1.54) is 43.3 Å². The van der Waals surface area contributed by atoms with Crippen LogP contribution >= 0.6 is 19.2 Å². The van der Waals surface area contributed by atoms with Crippen molar-refractivity contribution in [2.24, 2.45) is 5.73 Å². The van der Waals surface area contributed by atoms with Crippen LogP contribution in [-0.2, 0) is 20.8 Å². The molecule has 0 aliphatic heterocycles. The number of aromatic nitrogens is 2. The number of unbranched alkanes of at least 4 members (excludes halogenated alkanes) is 1. The van der Waals surface area contributed by atoms with E-state index in [1.54, 1.807) is 0 Å². The molecule has 2 aromatic carbocycles. The van der Waals surface area contributed by atoms with E-state index in [1.807, 2.05) is 0 Å². The summed E-state index contributed by atoms with van der Waals surface area (Å²) >= 11 is 0.872. The van der Waals surface area contributed by atoms with Gasteiger partial charge in [0, 0.05) is 5.56 Å².